The molecule has 0 saturated heterocycles. The minimum Gasteiger partial charge on any atom is -0.469 e. The molecule has 0 bridgehead atoms. The van der Waals surface area contributed by atoms with Crippen LogP contribution in [0.1, 0.15) is 18.0 Å². The number of rotatable bonds is 5. The molecule has 6 heteroatoms. The van der Waals surface area contributed by atoms with Gasteiger partial charge in [0.2, 0.25) is 0 Å². The number of nitrogens with two attached hydrogens (primary N) is 1. The highest BCUT2D eigenvalue weighted by Gasteiger charge is 2.12. The molecule has 94 valence electrons. The molecule has 0 fully saturated rings. The number of carbonyl (C=O) groups is 1. The van der Waals surface area contributed by atoms with Gasteiger partial charge in [-0.2, -0.15) is 8.78 Å². The summed E-state index contributed by atoms with van der Waals surface area (Å²) in [6.45, 7) is -2.86. The minimum absolute atomic E-state index is 0.0333. The molecule has 1 aromatic rings. The van der Waals surface area contributed by atoms with E-state index >= 15 is 0 Å². The van der Waals surface area contributed by atoms with Crippen molar-refractivity contribution < 1.29 is 23.0 Å². The second-order valence-corrected chi connectivity index (χ2v) is 3.33. The van der Waals surface area contributed by atoms with Gasteiger partial charge in [0.25, 0.3) is 0 Å². The van der Waals surface area contributed by atoms with E-state index in [0.29, 0.717) is 5.56 Å². The van der Waals surface area contributed by atoms with Gasteiger partial charge in [-0.1, -0.05) is 12.1 Å². The van der Waals surface area contributed by atoms with Crippen molar-refractivity contribution in [1.82, 2.24) is 0 Å². The van der Waals surface area contributed by atoms with E-state index in [1.165, 1.54) is 31.4 Å². The molecule has 1 rings (SSSR count). The van der Waals surface area contributed by atoms with E-state index in [2.05, 4.69) is 9.47 Å². The molecule has 17 heavy (non-hydrogen) atoms. The van der Waals surface area contributed by atoms with E-state index in [1.807, 2.05) is 0 Å². The third-order valence-electron chi connectivity index (χ3n) is 2.15. The van der Waals surface area contributed by atoms with Gasteiger partial charge in [0.05, 0.1) is 13.5 Å². The topological polar surface area (TPSA) is 61.5 Å². The summed E-state index contributed by atoms with van der Waals surface area (Å²) < 4.78 is 32.4. The number of methoxy groups -OCH3 is 1. The minimum atomic E-state index is -2.86. The lowest BCUT2D eigenvalue weighted by molar-refractivity contribution is -0.141. The molecule has 0 radical (unpaired) electrons. The average molecular weight is 245 g/mol. The number of benzene rings is 1. The summed E-state index contributed by atoms with van der Waals surface area (Å²) in [6, 6.07) is 5.29. The van der Waals surface area contributed by atoms with Crippen LogP contribution in [0.3, 0.4) is 0 Å². The Morgan fingerprint density at radius 1 is 1.35 bits per heavy atom. The molecular weight excluding hydrogens is 232 g/mol. The van der Waals surface area contributed by atoms with Gasteiger partial charge in [-0.15, -0.1) is 0 Å². The maximum atomic E-state index is 11.9. The molecule has 0 heterocycles. The predicted molar refractivity (Wildman–Crippen MR) is 56.6 cm³/mol. The van der Waals surface area contributed by atoms with Crippen molar-refractivity contribution in [2.24, 2.45) is 5.73 Å². The standard InChI is InChI=1S/C11H13F2NO3/c1-16-10(15)6-9(14)7-2-4-8(5-3-7)17-11(12)13/h2-5,9,11H,6,14H2,1H3/t9-/m0/s1. The Hall–Kier alpha value is -1.69. The highest BCUT2D eigenvalue weighted by atomic mass is 19.3. The Kier molecular flexibility index (Phi) is 4.84. The Balaban J connectivity index is 2.63. The molecular formula is C11H13F2NO3. The van der Waals surface area contributed by atoms with Gasteiger partial charge in [0.15, 0.2) is 0 Å². The fraction of sp³-hybridized carbons (Fsp3) is 0.364. The smallest absolute Gasteiger partial charge is 0.387 e. The van der Waals surface area contributed by atoms with Crippen LogP contribution in [0.4, 0.5) is 8.78 Å². The second-order valence-electron chi connectivity index (χ2n) is 3.33. The zero-order valence-corrected chi connectivity index (χ0v) is 9.23. The van der Waals surface area contributed by atoms with E-state index in [0.717, 1.165) is 0 Å². The summed E-state index contributed by atoms with van der Waals surface area (Å²) in [6.07, 6.45) is 0.0333. The van der Waals surface area contributed by atoms with Crippen molar-refractivity contribution in [1.29, 1.82) is 0 Å². The van der Waals surface area contributed by atoms with Gasteiger partial charge in [0.1, 0.15) is 5.75 Å². The molecule has 0 amide bonds. The first-order chi connectivity index (χ1) is 8.02. The van der Waals surface area contributed by atoms with Gasteiger partial charge in [-0.3, -0.25) is 4.79 Å². The lowest BCUT2D eigenvalue weighted by atomic mass is 10.0. The number of carbonyl (C=O) groups excluding carboxylic acids is 1. The molecule has 1 aromatic carbocycles. The number of halogens is 2. The van der Waals surface area contributed by atoms with Crippen LogP contribution in [0, 0.1) is 0 Å². The van der Waals surface area contributed by atoms with Crippen LogP contribution in [0.5, 0.6) is 5.75 Å². The van der Waals surface area contributed by atoms with E-state index in [-0.39, 0.29) is 12.2 Å². The SMILES string of the molecule is COC(=O)C[C@H](N)c1ccc(OC(F)F)cc1. The quantitative estimate of drug-likeness (QED) is 0.804. The fourth-order valence-corrected chi connectivity index (χ4v) is 1.28. The molecule has 0 saturated carbocycles. The Labute approximate surface area is 97.3 Å². The number of ether oxygens (including phenoxy) is 2. The number of hydrogen-bond donors (Lipinski definition) is 1. The summed E-state index contributed by atoms with van der Waals surface area (Å²) >= 11 is 0. The highest BCUT2D eigenvalue weighted by molar-refractivity contribution is 5.70. The zero-order valence-electron chi connectivity index (χ0n) is 9.23. The maximum Gasteiger partial charge on any atom is 0.387 e. The largest absolute Gasteiger partial charge is 0.469 e. The average Bonchev–Trinajstić information content (AvgIpc) is 2.28. The third-order valence-corrected chi connectivity index (χ3v) is 2.15. The van der Waals surface area contributed by atoms with E-state index in [4.69, 9.17) is 5.73 Å². The van der Waals surface area contributed by atoms with Crippen molar-refractivity contribution in [2.75, 3.05) is 7.11 Å². The molecule has 0 spiro atoms. The third kappa shape index (κ3) is 4.36. The lowest BCUT2D eigenvalue weighted by Crippen LogP contribution is -2.16. The van der Waals surface area contributed by atoms with Crippen LogP contribution in [-0.2, 0) is 9.53 Å². The summed E-state index contributed by atoms with van der Waals surface area (Å²) in [5.41, 5.74) is 6.38. The molecule has 4 nitrogen and oxygen atoms in total. The highest BCUT2D eigenvalue weighted by Crippen LogP contribution is 2.20. The Morgan fingerprint density at radius 2 is 1.94 bits per heavy atom. The van der Waals surface area contributed by atoms with Gasteiger partial charge < -0.3 is 15.2 Å². The lowest BCUT2D eigenvalue weighted by Gasteiger charge is -2.11. The fourth-order valence-electron chi connectivity index (χ4n) is 1.28. The van der Waals surface area contributed by atoms with Gasteiger partial charge in [-0.25, -0.2) is 0 Å². The first-order valence-corrected chi connectivity index (χ1v) is 4.90. The van der Waals surface area contributed by atoms with Crippen LogP contribution in [-0.4, -0.2) is 19.7 Å². The molecule has 0 aliphatic carbocycles. The summed E-state index contributed by atoms with van der Waals surface area (Å²) in [7, 11) is 1.27. The Bertz CT molecular complexity index is 367. The summed E-state index contributed by atoms with van der Waals surface area (Å²) in [5, 5.41) is 0. The first kappa shape index (κ1) is 13.4. The van der Waals surface area contributed by atoms with Gasteiger partial charge in [-0.05, 0) is 17.7 Å². The van der Waals surface area contributed by atoms with Crippen LogP contribution in [0.2, 0.25) is 0 Å². The zero-order chi connectivity index (χ0) is 12.8. The van der Waals surface area contributed by atoms with Crippen LogP contribution < -0.4 is 10.5 Å². The molecule has 1 atom stereocenters. The normalized spacial score (nSPS) is 12.3. The van der Waals surface area contributed by atoms with Crippen LogP contribution >= 0.6 is 0 Å². The predicted octanol–water partition coefficient (Wildman–Crippen LogP) is 1.85. The van der Waals surface area contributed by atoms with E-state index < -0.39 is 18.6 Å². The van der Waals surface area contributed by atoms with Crippen LogP contribution in [0.25, 0.3) is 0 Å². The van der Waals surface area contributed by atoms with Crippen molar-refractivity contribution in [3.8, 4) is 5.75 Å². The van der Waals surface area contributed by atoms with Crippen molar-refractivity contribution >= 4 is 5.97 Å². The molecule has 0 aliphatic rings. The molecule has 0 aromatic heterocycles. The van der Waals surface area contributed by atoms with Gasteiger partial charge >= 0.3 is 12.6 Å². The second kappa shape index (κ2) is 6.15. The number of alkyl halides is 2. The molecule has 2 N–H and O–H groups in total. The number of hydrogen-bond acceptors (Lipinski definition) is 4. The van der Waals surface area contributed by atoms with Crippen molar-refractivity contribution in [2.45, 2.75) is 19.1 Å². The van der Waals surface area contributed by atoms with Crippen LogP contribution in [0.15, 0.2) is 24.3 Å². The molecule has 0 aliphatic heterocycles. The monoisotopic (exact) mass is 245 g/mol. The Morgan fingerprint density at radius 3 is 2.41 bits per heavy atom. The van der Waals surface area contributed by atoms with E-state index in [9.17, 15) is 13.6 Å². The van der Waals surface area contributed by atoms with Crippen molar-refractivity contribution in [3.05, 3.63) is 29.8 Å². The van der Waals surface area contributed by atoms with Crippen molar-refractivity contribution in [3.63, 3.8) is 0 Å². The summed E-state index contributed by atoms with van der Waals surface area (Å²) in [5.74, 6) is -0.376. The van der Waals surface area contributed by atoms with E-state index in [1.54, 1.807) is 0 Å². The van der Waals surface area contributed by atoms with Gasteiger partial charge in [0, 0.05) is 6.04 Å². The summed E-state index contributed by atoms with van der Waals surface area (Å²) in [4.78, 5) is 11.0. The molecule has 0 unspecified atom stereocenters. The number of esters is 1. The maximum absolute atomic E-state index is 11.9. The first-order valence-electron chi connectivity index (χ1n) is 4.90.